The summed E-state index contributed by atoms with van der Waals surface area (Å²) in [4.78, 5) is 30.2. The maximum atomic E-state index is 16.9. The van der Waals surface area contributed by atoms with Crippen molar-refractivity contribution in [2.45, 2.75) is 49.7 Å². The van der Waals surface area contributed by atoms with E-state index < -0.39 is 56.3 Å². The van der Waals surface area contributed by atoms with Crippen molar-refractivity contribution in [1.29, 1.82) is 5.26 Å². The maximum absolute atomic E-state index is 16.9. The molecule has 1 aromatic heterocycles. The number of carbonyl (C=O) groups is 1. The summed E-state index contributed by atoms with van der Waals surface area (Å²) in [5.74, 6) is 0.820. The van der Waals surface area contributed by atoms with Crippen molar-refractivity contribution in [1.82, 2.24) is 9.55 Å². The summed E-state index contributed by atoms with van der Waals surface area (Å²) in [5.41, 5.74) is 0.511. The van der Waals surface area contributed by atoms with Crippen LogP contribution in [0.1, 0.15) is 46.6 Å². The number of amides is 1. The molecule has 14 heteroatoms. The number of alkyl halides is 1. The highest BCUT2D eigenvalue weighted by Gasteiger charge is 2.53. The fraction of sp³-hybridized carbons (Fsp3) is 0.286. The van der Waals surface area contributed by atoms with Gasteiger partial charge in [0.25, 0.3) is 5.91 Å². The average molecular weight is 781 g/mol. The van der Waals surface area contributed by atoms with Crippen LogP contribution >= 0.6 is 8.38 Å². The van der Waals surface area contributed by atoms with Gasteiger partial charge in [-0.2, -0.15) is 10.2 Å². The molecule has 0 spiro atoms. The Morgan fingerprint density at radius 1 is 0.929 bits per heavy atom. The summed E-state index contributed by atoms with van der Waals surface area (Å²) >= 11 is 0. The van der Waals surface area contributed by atoms with Gasteiger partial charge in [0, 0.05) is 18.4 Å². The van der Waals surface area contributed by atoms with Crippen LogP contribution < -0.4 is 20.5 Å². The van der Waals surface area contributed by atoms with E-state index in [4.69, 9.17) is 33.3 Å². The van der Waals surface area contributed by atoms with Crippen LogP contribution in [0.25, 0.3) is 0 Å². The Kier molecular flexibility index (Phi) is 13.2. The number of hydrogen-bond donors (Lipinski definition) is 1. The van der Waals surface area contributed by atoms with Crippen LogP contribution in [0.4, 0.5) is 10.2 Å². The van der Waals surface area contributed by atoms with Gasteiger partial charge in [-0.1, -0.05) is 72.8 Å². The Balaban J connectivity index is 1.38. The third-order valence-corrected chi connectivity index (χ3v) is 10.4. The van der Waals surface area contributed by atoms with Crippen LogP contribution in [0.5, 0.6) is 11.5 Å². The van der Waals surface area contributed by atoms with Crippen LogP contribution in [0, 0.1) is 11.3 Å². The molecule has 6 atom stereocenters. The van der Waals surface area contributed by atoms with E-state index in [1.807, 2.05) is 84.9 Å². The van der Waals surface area contributed by atoms with Crippen molar-refractivity contribution in [2.75, 3.05) is 32.8 Å². The van der Waals surface area contributed by atoms with E-state index in [1.54, 1.807) is 58.1 Å². The predicted octanol–water partition coefficient (Wildman–Crippen LogP) is 7.40. The van der Waals surface area contributed by atoms with Crippen molar-refractivity contribution in [3.63, 3.8) is 0 Å². The summed E-state index contributed by atoms with van der Waals surface area (Å²) in [7, 11) is 1.48. The van der Waals surface area contributed by atoms with E-state index in [9.17, 15) is 9.59 Å². The molecule has 1 saturated heterocycles. The fourth-order valence-electron chi connectivity index (χ4n) is 6.62. The van der Waals surface area contributed by atoms with Gasteiger partial charge in [-0.3, -0.25) is 9.36 Å². The number of carbonyl (C=O) groups excluding carboxylic acids is 1. The van der Waals surface area contributed by atoms with E-state index in [1.165, 1.54) is 12.3 Å². The molecule has 1 fully saturated rings. The Hall–Kier alpha value is -5.48. The number of aromatic nitrogens is 2. The van der Waals surface area contributed by atoms with E-state index >= 15 is 4.39 Å². The molecular formula is C42H42FN4O8P. The van der Waals surface area contributed by atoms with Crippen molar-refractivity contribution in [2.24, 2.45) is 0 Å². The molecule has 12 nitrogen and oxygen atoms in total. The van der Waals surface area contributed by atoms with E-state index in [0.29, 0.717) is 17.1 Å². The van der Waals surface area contributed by atoms with Crippen LogP contribution in [-0.4, -0.2) is 67.4 Å². The SMILES string of the molecule is COc1ccc(C(OC(C)C2O[C@@H](n3ccc(NC(=O)c4ccccc4)nc3=O)[C@H](F)[C@@H]2OP(C)OCCC#N)(c2ccccc2)c2ccc(OC)cc2)cc1. The van der Waals surface area contributed by atoms with Gasteiger partial charge in [0.2, 0.25) is 0 Å². The van der Waals surface area contributed by atoms with Crippen molar-refractivity contribution in [3.8, 4) is 17.6 Å². The molecule has 290 valence electrons. The first-order chi connectivity index (χ1) is 27.2. The minimum Gasteiger partial charge on any atom is -0.497 e. The second kappa shape index (κ2) is 18.4. The second-order valence-electron chi connectivity index (χ2n) is 12.8. The lowest BCUT2D eigenvalue weighted by Crippen LogP contribution is -2.44. The highest BCUT2D eigenvalue weighted by molar-refractivity contribution is 7.46. The van der Waals surface area contributed by atoms with Gasteiger partial charge in [-0.15, -0.1) is 0 Å². The number of nitrogens with zero attached hydrogens (tertiary/aromatic N) is 3. The number of rotatable bonds is 16. The first-order valence-corrected chi connectivity index (χ1v) is 19.5. The van der Waals surface area contributed by atoms with Crippen molar-refractivity contribution >= 4 is 20.1 Å². The lowest BCUT2D eigenvalue weighted by atomic mass is 9.79. The Morgan fingerprint density at radius 2 is 1.50 bits per heavy atom. The predicted molar refractivity (Wildman–Crippen MR) is 208 cm³/mol. The van der Waals surface area contributed by atoms with Crippen LogP contribution in [-0.2, 0) is 24.1 Å². The van der Waals surface area contributed by atoms with Gasteiger partial charge in [-0.25, -0.2) is 9.18 Å². The molecule has 1 aliphatic rings. The monoisotopic (exact) mass is 780 g/mol. The van der Waals surface area contributed by atoms with Crippen LogP contribution in [0.2, 0.25) is 0 Å². The Labute approximate surface area is 325 Å². The number of nitriles is 1. The molecule has 0 radical (unpaired) electrons. The Bertz CT molecular complexity index is 2110. The number of methoxy groups -OCH3 is 2. The van der Waals surface area contributed by atoms with E-state index in [0.717, 1.165) is 21.3 Å². The lowest BCUT2D eigenvalue weighted by molar-refractivity contribution is -0.135. The zero-order valence-corrected chi connectivity index (χ0v) is 32.2. The van der Waals surface area contributed by atoms with Crippen LogP contribution in [0.15, 0.2) is 126 Å². The number of benzene rings is 4. The van der Waals surface area contributed by atoms with Crippen molar-refractivity contribution in [3.05, 3.63) is 154 Å². The maximum Gasteiger partial charge on any atom is 0.351 e. The number of hydrogen-bond acceptors (Lipinski definition) is 10. The molecule has 56 heavy (non-hydrogen) atoms. The fourth-order valence-corrected chi connectivity index (χ4v) is 7.61. The highest BCUT2D eigenvalue weighted by Crippen LogP contribution is 2.47. The molecule has 3 unspecified atom stereocenters. The molecule has 0 saturated carbocycles. The largest absolute Gasteiger partial charge is 0.497 e. The molecule has 1 N–H and O–H groups in total. The summed E-state index contributed by atoms with van der Waals surface area (Å²) in [6, 6.07) is 36.5. The van der Waals surface area contributed by atoms with E-state index in [2.05, 4.69) is 10.3 Å². The third-order valence-electron chi connectivity index (χ3n) is 9.34. The smallest absolute Gasteiger partial charge is 0.351 e. The van der Waals surface area contributed by atoms with E-state index in [-0.39, 0.29) is 18.8 Å². The first-order valence-electron chi connectivity index (χ1n) is 17.9. The standard InChI is InChI=1S/C42H42FN4O8P/c1-28(54-42(30-14-9-6-10-15-30,31-16-20-33(50-2)21-17-31)32-18-22-34(51-3)23-19-32)37-38(55-56(4)52-27-11-25-44)36(43)40(53-37)47-26-24-35(46-41(47)49)45-39(48)29-12-7-5-8-13-29/h5-10,12-24,26,28,36-38,40H,11,27H2,1-4H3,(H,45,46,48,49)/t28?,36-,37?,38+,40-,56?/m1/s1. The summed E-state index contributed by atoms with van der Waals surface area (Å²) in [5, 5.41) is 11.7. The first kappa shape index (κ1) is 40.2. The topological polar surface area (TPSA) is 143 Å². The molecule has 0 aliphatic carbocycles. The van der Waals surface area contributed by atoms with Crippen molar-refractivity contribution < 1.29 is 37.2 Å². The number of ether oxygens (including phenoxy) is 4. The molecule has 6 rings (SSSR count). The molecule has 2 heterocycles. The van der Waals surface area contributed by atoms with Gasteiger partial charge in [0.15, 0.2) is 20.8 Å². The third kappa shape index (κ3) is 8.81. The quantitative estimate of drug-likeness (QED) is 0.0611. The molecule has 4 aromatic carbocycles. The van der Waals surface area contributed by atoms with Crippen LogP contribution in [0.3, 0.4) is 0 Å². The lowest BCUT2D eigenvalue weighted by Gasteiger charge is -2.40. The average Bonchev–Trinajstić information content (AvgIpc) is 3.55. The zero-order chi connectivity index (χ0) is 39.7. The minimum absolute atomic E-state index is 0.0100. The number of nitrogens with one attached hydrogen (secondary N) is 1. The molecular weight excluding hydrogens is 738 g/mol. The second-order valence-corrected chi connectivity index (χ2v) is 14.2. The Morgan fingerprint density at radius 3 is 2.05 bits per heavy atom. The molecule has 1 amide bonds. The summed E-state index contributed by atoms with van der Waals surface area (Å²) in [6.45, 7) is 3.52. The number of anilines is 1. The normalized spacial score (nSPS) is 19.1. The minimum atomic E-state index is -1.90. The van der Waals surface area contributed by atoms with Gasteiger partial charge in [0.1, 0.15) is 35.1 Å². The summed E-state index contributed by atoms with van der Waals surface area (Å²) in [6.07, 6.45) is -5.21. The molecule has 5 aromatic rings. The molecule has 0 bridgehead atoms. The van der Waals surface area contributed by atoms with Gasteiger partial charge in [0.05, 0.1) is 39.4 Å². The van der Waals surface area contributed by atoms with Gasteiger partial charge < -0.3 is 33.3 Å². The van der Waals surface area contributed by atoms with Gasteiger partial charge >= 0.3 is 5.69 Å². The number of halogens is 1. The highest BCUT2D eigenvalue weighted by atomic mass is 31.2. The van der Waals surface area contributed by atoms with Gasteiger partial charge in [-0.05, 0) is 66.1 Å². The zero-order valence-electron chi connectivity index (χ0n) is 31.3. The molecule has 1 aliphatic heterocycles. The summed E-state index contributed by atoms with van der Waals surface area (Å²) < 4.78 is 54.5.